The minimum absolute atomic E-state index is 0.179. The number of ether oxygens (including phenoxy) is 1. The predicted octanol–water partition coefficient (Wildman–Crippen LogP) is 2.18. The number of hydrogen-bond acceptors (Lipinski definition) is 6. The van der Waals surface area contributed by atoms with Crippen LogP contribution in [0, 0.1) is 5.92 Å². The number of rotatable bonds is 6. The van der Waals surface area contributed by atoms with Crippen molar-refractivity contribution in [3.05, 3.63) is 30.2 Å². The van der Waals surface area contributed by atoms with Crippen LogP contribution in [-0.4, -0.2) is 36.7 Å². The van der Waals surface area contributed by atoms with Crippen molar-refractivity contribution in [1.29, 1.82) is 0 Å². The lowest BCUT2D eigenvalue weighted by atomic mass is 10.1. The zero-order valence-corrected chi connectivity index (χ0v) is 11.8. The van der Waals surface area contributed by atoms with Gasteiger partial charge in [-0.15, -0.1) is 0 Å². The van der Waals surface area contributed by atoms with E-state index in [1.165, 1.54) is 7.11 Å². The molecule has 0 radical (unpaired) electrons. The Morgan fingerprint density at radius 1 is 1.50 bits per heavy atom. The Morgan fingerprint density at radius 2 is 2.30 bits per heavy atom. The van der Waals surface area contributed by atoms with Gasteiger partial charge in [-0.2, -0.15) is 0 Å². The molecule has 2 rings (SSSR count). The molecule has 0 aliphatic heterocycles. The smallest absolute Gasteiger partial charge is 0.309 e. The first-order valence-corrected chi connectivity index (χ1v) is 6.36. The summed E-state index contributed by atoms with van der Waals surface area (Å²) in [5.41, 5.74) is 0.788. The van der Waals surface area contributed by atoms with Gasteiger partial charge in [0.25, 0.3) is 0 Å². The number of esters is 1. The average molecular weight is 278 g/mol. The maximum atomic E-state index is 11.4. The van der Waals surface area contributed by atoms with Crippen molar-refractivity contribution >= 4 is 5.97 Å². The molecule has 1 unspecified atom stereocenters. The van der Waals surface area contributed by atoms with Crippen LogP contribution in [0.3, 0.4) is 0 Å². The van der Waals surface area contributed by atoms with E-state index in [4.69, 9.17) is 13.7 Å². The molecule has 6 heteroatoms. The van der Waals surface area contributed by atoms with Crippen LogP contribution >= 0.6 is 0 Å². The summed E-state index contributed by atoms with van der Waals surface area (Å²) in [5, 5.41) is 3.99. The Hall–Kier alpha value is -2.08. The molecule has 0 amide bonds. The van der Waals surface area contributed by atoms with Crippen molar-refractivity contribution in [2.24, 2.45) is 5.92 Å². The van der Waals surface area contributed by atoms with Crippen molar-refractivity contribution in [2.75, 3.05) is 20.7 Å². The van der Waals surface area contributed by atoms with Crippen molar-refractivity contribution in [3.8, 4) is 11.5 Å². The van der Waals surface area contributed by atoms with Gasteiger partial charge in [0.2, 0.25) is 5.76 Å². The van der Waals surface area contributed by atoms with Crippen molar-refractivity contribution in [2.45, 2.75) is 13.5 Å². The fourth-order valence-corrected chi connectivity index (χ4v) is 2.01. The summed E-state index contributed by atoms with van der Waals surface area (Å²) in [6.07, 6.45) is 1.59. The van der Waals surface area contributed by atoms with Gasteiger partial charge in [0, 0.05) is 19.2 Å². The first kappa shape index (κ1) is 14.3. The van der Waals surface area contributed by atoms with Crippen LogP contribution in [0.1, 0.15) is 12.6 Å². The lowest BCUT2D eigenvalue weighted by molar-refractivity contribution is -0.145. The average Bonchev–Trinajstić information content (AvgIpc) is 3.07. The van der Waals surface area contributed by atoms with Gasteiger partial charge in [0.15, 0.2) is 5.76 Å². The minimum Gasteiger partial charge on any atom is -0.469 e. The Balaban J connectivity index is 1.92. The van der Waals surface area contributed by atoms with E-state index in [0.717, 1.165) is 5.69 Å². The van der Waals surface area contributed by atoms with Crippen LogP contribution in [0.4, 0.5) is 0 Å². The number of carbonyl (C=O) groups is 1. The maximum absolute atomic E-state index is 11.4. The summed E-state index contributed by atoms with van der Waals surface area (Å²) < 4.78 is 15.2. The topological polar surface area (TPSA) is 68.7 Å². The molecule has 20 heavy (non-hydrogen) atoms. The highest BCUT2D eigenvalue weighted by Crippen LogP contribution is 2.21. The van der Waals surface area contributed by atoms with Gasteiger partial charge in [-0.25, -0.2) is 0 Å². The summed E-state index contributed by atoms with van der Waals surface area (Å²) in [6, 6.07) is 5.44. The Kier molecular flexibility index (Phi) is 4.57. The lowest BCUT2D eigenvalue weighted by Gasteiger charge is -2.18. The van der Waals surface area contributed by atoms with E-state index in [1.54, 1.807) is 12.3 Å². The van der Waals surface area contributed by atoms with Crippen molar-refractivity contribution in [3.63, 3.8) is 0 Å². The number of nitrogens with zero attached hydrogens (tertiary/aromatic N) is 2. The molecule has 0 aromatic carbocycles. The first-order valence-electron chi connectivity index (χ1n) is 6.36. The second-order valence-corrected chi connectivity index (χ2v) is 4.78. The van der Waals surface area contributed by atoms with Crippen LogP contribution < -0.4 is 0 Å². The van der Waals surface area contributed by atoms with E-state index in [1.807, 2.05) is 31.0 Å². The van der Waals surface area contributed by atoms with Gasteiger partial charge >= 0.3 is 5.97 Å². The molecule has 0 fully saturated rings. The standard InChI is InChI=1S/C14H18N2O4/c1-10(14(17)18-3)8-16(2)9-11-7-13(20-15-11)12-5-4-6-19-12/h4-7,10H,8-9H2,1-3H3. The van der Waals surface area contributed by atoms with Gasteiger partial charge in [0.1, 0.15) is 0 Å². The second-order valence-electron chi connectivity index (χ2n) is 4.78. The van der Waals surface area contributed by atoms with Crippen molar-refractivity contribution in [1.82, 2.24) is 10.1 Å². The molecule has 108 valence electrons. The summed E-state index contributed by atoms with van der Waals surface area (Å²) in [4.78, 5) is 13.4. The molecular weight excluding hydrogens is 260 g/mol. The maximum Gasteiger partial charge on any atom is 0.309 e. The van der Waals surface area contributed by atoms with Crippen molar-refractivity contribution < 1.29 is 18.5 Å². The van der Waals surface area contributed by atoms with Crippen LogP contribution in [0.5, 0.6) is 0 Å². The third-order valence-electron chi connectivity index (χ3n) is 2.94. The Morgan fingerprint density at radius 3 is 2.95 bits per heavy atom. The first-order chi connectivity index (χ1) is 9.60. The van der Waals surface area contributed by atoms with Gasteiger partial charge < -0.3 is 13.7 Å². The monoisotopic (exact) mass is 278 g/mol. The minimum atomic E-state index is -0.215. The molecule has 2 heterocycles. The molecule has 0 saturated heterocycles. The molecular formula is C14H18N2O4. The Bertz CT molecular complexity index is 547. The highest BCUT2D eigenvalue weighted by atomic mass is 16.5. The largest absolute Gasteiger partial charge is 0.469 e. The third kappa shape index (κ3) is 3.48. The van der Waals surface area contributed by atoms with E-state index < -0.39 is 0 Å². The lowest BCUT2D eigenvalue weighted by Crippen LogP contribution is -2.29. The van der Waals surface area contributed by atoms with E-state index in [2.05, 4.69) is 5.16 Å². The summed E-state index contributed by atoms with van der Waals surface area (Å²) >= 11 is 0. The predicted molar refractivity (Wildman–Crippen MR) is 71.7 cm³/mol. The highest BCUT2D eigenvalue weighted by molar-refractivity contribution is 5.72. The van der Waals surface area contributed by atoms with Crippen LogP contribution in [0.2, 0.25) is 0 Å². The third-order valence-corrected chi connectivity index (χ3v) is 2.94. The SMILES string of the molecule is COC(=O)C(C)CN(C)Cc1cc(-c2ccco2)on1. The number of furan rings is 1. The van der Waals surface area contributed by atoms with Gasteiger partial charge in [0.05, 0.1) is 25.0 Å². The number of hydrogen-bond donors (Lipinski definition) is 0. The zero-order valence-electron chi connectivity index (χ0n) is 11.8. The molecule has 2 aromatic heterocycles. The van der Waals surface area contributed by atoms with Crippen LogP contribution in [0.25, 0.3) is 11.5 Å². The summed E-state index contributed by atoms with van der Waals surface area (Å²) in [7, 11) is 3.31. The van der Waals surface area contributed by atoms with Crippen LogP contribution in [0.15, 0.2) is 33.4 Å². The fraction of sp³-hybridized carbons (Fsp3) is 0.429. The van der Waals surface area contributed by atoms with Gasteiger partial charge in [-0.05, 0) is 19.2 Å². The molecule has 1 atom stereocenters. The number of methoxy groups -OCH3 is 1. The molecule has 0 bridgehead atoms. The van der Waals surface area contributed by atoms with Gasteiger partial charge in [-0.1, -0.05) is 12.1 Å². The fourth-order valence-electron chi connectivity index (χ4n) is 2.01. The normalized spacial score (nSPS) is 12.6. The van der Waals surface area contributed by atoms with E-state index in [-0.39, 0.29) is 11.9 Å². The van der Waals surface area contributed by atoms with Gasteiger partial charge in [-0.3, -0.25) is 9.69 Å². The Labute approximate surface area is 117 Å². The number of aromatic nitrogens is 1. The molecule has 0 N–H and O–H groups in total. The summed E-state index contributed by atoms with van der Waals surface area (Å²) in [5.74, 6) is 0.850. The molecule has 0 saturated carbocycles. The second kappa shape index (κ2) is 6.38. The molecule has 0 aliphatic rings. The van der Waals surface area contributed by atoms with E-state index >= 15 is 0 Å². The highest BCUT2D eigenvalue weighted by Gasteiger charge is 2.17. The molecule has 0 aliphatic carbocycles. The summed E-state index contributed by atoms with van der Waals surface area (Å²) in [6.45, 7) is 3.01. The zero-order chi connectivity index (χ0) is 14.5. The molecule has 6 nitrogen and oxygen atoms in total. The molecule has 2 aromatic rings. The van der Waals surface area contributed by atoms with Crippen LogP contribution in [-0.2, 0) is 16.1 Å². The molecule has 0 spiro atoms. The van der Waals surface area contributed by atoms with E-state index in [0.29, 0.717) is 24.6 Å². The van der Waals surface area contributed by atoms with E-state index in [9.17, 15) is 4.79 Å². The quantitative estimate of drug-likeness (QED) is 0.754. The number of carbonyl (C=O) groups excluding carboxylic acids is 1.